The molecule has 0 spiro atoms. The van der Waals surface area contributed by atoms with E-state index < -0.39 is 17.7 Å². The van der Waals surface area contributed by atoms with Crippen molar-refractivity contribution in [2.75, 3.05) is 18.4 Å². The number of carbonyl (C=O) groups excluding carboxylic acids is 2. The molecule has 3 aliphatic rings. The lowest BCUT2D eigenvalue weighted by molar-refractivity contribution is -0.114. The van der Waals surface area contributed by atoms with Crippen LogP contribution < -0.4 is 5.32 Å². The molecule has 2 saturated carbocycles. The smallest absolute Gasteiger partial charge is 0.253 e. The van der Waals surface area contributed by atoms with Crippen molar-refractivity contribution in [3.8, 4) is 5.75 Å². The van der Waals surface area contributed by atoms with E-state index in [-0.39, 0.29) is 41.2 Å². The van der Waals surface area contributed by atoms with Gasteiger partial charge in [0.2, 0.25) is 5.91 Å². The summed E-state index contributed by atoms with van der Waals surface area (Å²) >= 11 is 0. The number of fused-ring (bicyclic) bond motifs is 5. The van der Waals surface area contributed by atoms with Gasteiger partial charge in [-0.15, -0.1) is 0 Å². The number of aromatic hydroxyl groups is 1. The molecule has 3 aromatic rings. The van der Waals surface area contributed by atoms with Gasteiger partial charge in [0.05, 0.1) is 6.10 Å². The van der Waals surface area contributed by atoms with Crippen LogP contribution in [0, 0.1) is 23.2 Å². The van der Waals surface area contributed by atoms with E-state index in [1.54, 1.807) is 30.3 Å². The van der Waals surface area contributed by atoms with Crippen molar-refractivity contribution in [3.05, 3.63) is 95.1 Å². The predicted molar refractivity (Wildman–Crippen MR) is 183 cm³/mol. The SMILES string of the molecule is CC(=O)Nc1ccc(C(=O)N(CCCC[C@@H]2Cc3cc(O)ccc3C3C2C2CC[C@H](O)C2(C)C[C@@H]3F)CCCc2ccccc2)cc1. The van der Waals surface area contributed by atoms with Crippen LogP contribution in [0.15, 0.2) is 72.8 Å². The number of anilines is 1. The van der Waals surface area contributed by atoms with Crippen LogP contribution in [0.1, 0.15) is 91.8 Å². The molecular formula is C40H49FN2O4. The third kappa shape index (κ3) is 7.11. The lowest BCUT2D eigenvalue weighted by Gasteiger charge is -2.54. The molecule has 47 heavy (non-hydrogen) atoms. The van der Waals surface area contributed by atoms with Crippen LogP contribution in [-0.2, 0) is 17.6 Å². The summed E-state index contributed by atoms with van der Waals surface area (Å²) < 4.78 is 16.2. The molecule has 3 aromatic carbocycles. The summed E-state index contributed by atoms with van der Waals surface area (Å²) in [5.41, 5.74) is 4.21. The Hall–Kier alpha value is -3.71. The third-order valence-electron chi connectivity index (χ3n) is 11.5. The Labute approximate surface area is 278 Å². The normalized spacial score (nSPS) is 27.7. The Kier molecular flexibility index (Phi) is 10.0. The minimum absolute atomic E-state index is 0.0159. The van der Waals surface area contributed by atoms with Crippen molar-refractivity contribution in [2.45, 2.75) is 89.8 Å². The average molecular weight is 641 g/mol. The number of halogens is 1. The number of hydrogen-bond donors (Lipinski definition) is 3. The first kappa shape index (κ1) is 33.2. The predicted octanol–water partition coefficient (Wildman–Crippen LogP) is 7.69. The third-order valence-corrected chi connectivity index (χ3v) is 11.5. The number of rotatable bonds is 11. The second-order valence-electron chi connectivity index (χ2n) is 14.5. The molecule has 4 unspecified atom stereocenters. The standard InChI is InChI=1S/C40H49FN2O4/c1-26(44)42-31-15-13-28(14-16-31)39(47)43(22-8-11-27-9-4-3-5-10-27)21-7-6-12-29-23-30-24-32(45)17-18-33(30)38-35(41)25-40(2)34(37(29)38)19-20-36(40)46/h3-5,9-10,13-18,24,29,34-38,45-46H,6-8,11-12,19-23,25H2,1-2H3,(H,42,44)/t29-,34?,35+,36+,37?,38?,40?/m1/s1. The van der Waals surface area contributed by atoms with Crippen LogP contribution in [0.25, 0.3) is 0 Å². The van der Waals surface area contributed by atoms with Gasteiger partial charge in [0, 0.05) is 37.2 Å². The maximum absolute atomic E-state index is 16.2. The number of aliphatic hydroxyl groups is 1. The van der Waals surface area contributed by atoms with Crippen molar-refractivity contribution < 1.29 is 24.2 Å². The largest absolute Gasteiger partial charge is 0.508 e. The average Bonchev–Trinajstić information content (AvgIpc) is 3.35. The number of hydrogen-bond acceptors (Lipinski definition) is 4. The number of unbranched alkanes of at least 4 members (excludes halogenated alkanes) is 1. The summed E-state index contributed by atoms with van der Waals surface area (Å²) in [6.07, 6.45) is 5.79. The molecular weight excluding hydrogens is 591 g/mol. The van der Waals surface area contributed by atoms with Crippen LogP contribution in [0.5, 0.6) is 5.75 Å². The van der Waals surface area contributed by atoms with E-state index in [0.29, 0.717) is 30.8 Å². The van der Waals surface area contributed by atoms with E-state index in [1.165, 1.54) is 12.5 Å². The molecule has 7 heteroatoms. The zero-order chi connectivity index (χ0) is 33.1. The van der Waals surface area contributed by atoms with Crippen LogP contribution in [0.2, 0.25) is 0 Å². The fourth-order valence-electron chi connectivity index (χ4n) is 9.26. The van der Waals surface area contributed by atoms with E-state index in [1.807, 2.05) is 35.2 Å². The second-order valence-corrected chi connectivity index (χ2v) is 14.5. The molecule has 7 atom stereocenters. The molecule has 0 saturated heterocycles. The lowest BCUT2D eigenvalue weighted by atomic mass is 9.51. The summed E-state index contributed by atoms with van der Waals surface area (Å²) in [7, 11) is 0. The quantitative estimate of drug-likeness (QED) is 0.188. The molecule has 0 radical (unpaired) electrons. The number of benzene rings is 3. The monoisotopic (exact) mass is 640 g/mol. The molecule has 0 aliphatic heterocycles. The number of phenolic OH excluding ortho intramolecular Hbond substituents is 1. The van der Waals surface area contributed by atoms with Crippen LogP contribution in [-0.4, -0.2) is 52.3 Å². The summed E-state index contributed by atoms with van der Waals surface area (Å²) in [5.74, 6) is 0.540. The van der Waals surface area contributed by atoms with Gasteiger partial charge in [-0.1, -0.05) is 49.7 Å². The zero-order valence-electron chi connectivity index (χ0n) is 27.7. The van der Waals surface area contributed by atoms with Gasteiger partial charge in [0.25, 0.3) is 5.91 Å². The highest BCUT2D eigenvalue weighted by Crippen LogP contribution is 2.63. The van der Waals surface area contributed by atoms with Crippen molar-refractivity contribution in [1.29, 1.82) is 0 Å². The first-order valence-corrected chi connectivity index (χ1v) is 17.5. The van der Waals surface area contributed by atoms with Crippen LogP contribution >= 0.6 is 0 Å². The van der Waals surface area contributed by atoms with E-state index in [4.69, 9.17) is 0 Å². The first-order chi connectivity index (χ1) is 22.6. The summed E-state index contributed by atoms with van der Waals surface area (Å²) in [5, 5.41) is 24.0. The Morgan fingerprint density at radius 2 is 1.72 bits per heavy atom. The van der Waals surface area contributed by atoms with Gasteiger partial charge in [-0.05, 0) is 128 Å². The van der Waals surface area contributed by atoms with E-state index in [9.17, 15) is 19.8 Å². The summed E-state index contributed by atoms with van der Waals surface area (Å²) in [4.78, 5) is 27.2. The second kappa shape index (κ2) is 14.2. The van der Waals surface area contributed by atoms with Gasteiger partial charge < -0.3 is 20.4 Å². The van der Waals surface area contributed by atoms with Gasteiger partial charge >= 0.3 is 0 Å². The number of nitrogens with zero attached hydrogens (tertiary/aromatic N) is 1. The highest BCUT2D eigenvalue weighted by atomic mass is 19.1. The molecule has 2 fully saturated rings. The number of aryl methyl sites for hydroxylation is 1. The fraction of sp³-hybridized carbons (Fsp3) is 0.500. The first-order valence-electron chi connectivity index (χ1n) is 17.5. The van der Waals surface area contributed by atoms with Gasteiger partial charge in [-0.3, -0.25) is 9.59 Å². The molecule has 3 aliphatic carbocycles. The number of aliphatic hydroxyl groups excluding tert-OH is 1. The molecule has 0 bridgehead atoms. The van der Waals surface area contributed by atoms with Crippen LogP contribution in [0.3, 0.4) is 0 Å². The lowest BCUT2D eigenvalue weighted by Crippen LogP contribution is -2.51. The zero-order valence-corrected chi connectivity index (χ0v) is 27.7. The van der Waals surface area contributed by atoms with Crippen molar-refractivity contribution in [1.82, 2.24) is 4.90 Å². The molecule has 2 amide bonds. The van der Waals surface area contributed by atoms with Crippen molar-refractivity contribution in [3.63, 3.8) is 0 Å². The minimum Gasteiger partial charge on any atom is -0.508 e. The number of nitrogens with one attached hydrogen (secondary N) is 1. The van der Waals surface area contributed by atoms with Gasteiger partial charge in [-0.2, -0.15) is 0 Å². The number of alkyl halides is 1. The van der Waals surface area contributed by atoms with E-state index >= 15 is 4.39 Å². The Morgan fingerprint density at radius 1 is 0.979 bits per heavy atom. The highest BCUT2D eigenvalue weighted by molar-refractivity contribution is 5.95. The summed E-state index contributed by atoms with van der Waals surface area (Å²) in [6, 6.07) is 22.8. The van der Waals surface area contributed by atoms with Crippen molar-refractivity contribution >= 4 is 17.5 Å². The molecule has 0 aromatic heterocycles. The number of amides is 2. The van der Waals surface area contributed by atoms with Crippen molar-refractivity contribution in [2.24, 2.45) is 23.2 Å². The topological polar surface area (TPSA) is 89.9 Å². The van der Waals surface area contributed by atoms with Gasteiger partial charge in [0.15, 0.2) is 0 Å². The molecule has 0 heterocycles. The molecule has 6 rings (SSSR count). The Morgan fingerprint density at radius 3 is 2.47 bits per heavy atom. The minimum atomic E-state index is -1.02. The maximum Gasteiger partial charge on any atom is 0.253 e. The maximum atomic E-state index is 16.2. The molecule has 3 N–H and O–H groups in total. The Bertz CT molecular complexity index is 1550. The highest BCUT2D eigenvalue weighted by Gasteiger charge is 2.59. The number of carbonyl (C=O) groups is 2. The summed E-state index contributed by atoms with van der Waals surface area (Å²) in [6.45, 7) is 4.83. The van der Waals surface area contributed by atoms with Gasteiger partial charge in [-0.25, -0.2) is 4.39 Å². The van der Waals surface area contributed by atoms with E-state index in [0.717, 1.165) is 62.5 Å². The van der Waals surface area contributed by atoms with Crippen LogP contribution in [0.4, 0.5) is 10.1 Å². The molecule has 250 valence electrons. The Balaban J connectivity index is 1.15. The van der Waals surface area contributed by atoms with Gasteiger partial charge in [0.1, 0.15) is 11.9 Å². The fourth-order valence-corrected chi connectivity index (χ4v) is 9.26. The van der Waals surface area contributed by atoms with E-state index in [2.05, 4.69) is 24.4 Å². The number of phenols is 1. The molecule has 6 nitrogen and oxygen atoms in total.